The number of carbonyl (C=O) groups is 2. The summed E-state index contributed by atoms with van der Waals surface area (Å²) in [6.45, 7) is 11.2. The smallest absolute Gasteiger partial charge is 0.331 e. The fraction of sp³-hybridized carbons (Fsp3) is 0.483. The van der Waals surface area contributed by atoms with E-state index in [1.54, 1.807) is 6.08 Å². The highest BCUT2D eigenvalue weighted by Gasteiger charge is 2.50. The molecule has 0 unspecified atom stereocenters. The average Bonchev–Trinajstić information content (AvgIpc) is 3.06. The van der Waals surface area contributed by atoms with Crippen molar-refractivity contribution in [3.8, 4) is 0 Å². The lowest BCUT2D eigenvalue weighted by molar-refractivity contribution is -0.133. The van der Waals surface area contributed by atoms with E-state index >= 15 is 0 Å². The summed E-state index contributed by atoms with van der Waals surface area (Å²) in [7, 11) is 0. The van der Waals surface area contributed by atoms with Gasteiger partial charge >= 0.3 is 5.97 Å². The van der Waals surface area contributed by atoms with Crippen LogP contribution in [-0.4, -0.2) is 39.8 Å². The highest BCUT2D eigenvalue weighted by molar-refractivity contribution is 6.46. The lowest BCUT2D eigenvalue weighted by atomic mass is 9.69. The lowest BCUT2D eigenvalue weighted by Gasteiger charge is -2.45. The van der Waals surface area contributed by atoms with Crippen LogP contribution >= 0.6 is 0 Å². The summed E-state index contributed by atoms with van der Waals surface area (Å²) < 4.78 is 0. The number of amides is 1. The minimum absolute atomic E-state index is 0.0143. The molecular formula is C29H36N2O3. The van der Waals surface area contributed by atoms with Crippen molar-refractivity contribution in [2.75, 3.05) is 6.54 Å². The Morgan fingerprint density at radius 3 is 2.38 bits per heavy atom. The molecule has 1 spiro atoms. The second-order valence-electron chi connectivity index (χ2n) is 11.0. The lowest BCUT2D eigenvalue weighted by Crippen LogP contribution is -2.50. The minimum atomic E-state index is -0.866. The standard InChI is InChI=1S/C29H36N2O3/c1-5-6-20-7-11-22(12-8-20)25-26(32)31(19-21-9-13-23(14-10-21)27(33)34)29(30-25)17-15-24(16-18-29)28(2,3)4/h5,7-9,11-13,24H,1,6,10,14-19H2,2-4H3,(H,33,34). The molecule has 2 aliphatic carbocycles. The third-order valence-corrected chi connectivity index (χ3v) is 7.76. The minimum Gasteiger partial charge on any atom is -0.478 e. The van der Waals surface area contributed by atoms with E-state index in [4.69, 9.17) is 4.99 Å². The quantitative estimate of drug-likeness (QED) is 0.553. The number of aliphatic carboxylic acids is 1. The van der Waals surface area contributed by atoms with Crippen LogP contribution in [0.4, 0.5) is 0 Å². The van der Waals surface area contributed by atoms with Gasteiger partial charge in [-0.3, -0.25) is 9.79 Å². The van der Waals surface area contributed by atoms with Gasteiger partial charge in [-0.1, -0.05) is 68.8 Å². The molecule has 1 saturated carbocycles. The summed E-state index contributed by atoms with van der Waals surface area (Å²) in [5, 5.41) is 9.27. The first kappa shape index (κ1) is 24.2. The maximum Gasteiger partial charge on any atom is 0.331 e. The Morgan fingerprint density at radius 1 is 1.18 bits per heavy atom. The van der Waals surface area contributed by atoms with E-state index in [0.29, 0.717) is 36.6 Å². The van der Waals surface area contributed by atoms with E-state index in [1.165, 1.54) is 0 Å². The second-order valence-corrected chi connectivity index (χ2v) is 11.0. The number of allylic oxidation sites excluding steroid dienone is 3. The summed E-state index contributed by atoms with van der Waals surface area (Å²) in [5.74, 6) is -0.267. The average molecular weight is 461 g/mol. The van der Waals surface area contributed by atoms with Crippen molar-refractivity contribution >= 4 is 17.6 Å². The molecular weight excluding hydrogens is 424 g/mol. The number of carboxylic acids is 1. The van der Waals surface area contributed by atoms with Gasteiger partial charge in [0.2, 0.25) is 0 Å². The Bertz CT molecular complexity index is 1060. The molecule has 5 nitrogen and oxygen atoms in total. The molecule has 1 heterocycles. The number of nitrogens with zero attached hydrogens (tertiary/aromatic N) is 2. The van der Waals surface area contributed by atoms with E-state index in [9.17, 15) is 14.7 Å². The predicted molar refractivity (Wildman–Crippen MR) is 136 cm³/mol. The number of hydrogen-bond acceptors (Lipinski definition) is 3. The maximum absolute atomic E-state index is 13.8. The van der Waals surface area contributed by atoms with Crippen LogP contribution in [0.5, 0.6) is 0 Å². The van der Waals surface area contributed by atoms with Crippen LogP contribution in [0.25, 0.3) is 0 Å². The van der Waals surface area contributed by atoms with Crippen molar-refractivity contribution in [1.82, 2.24) is 4.90 Å². The van der Waals surface area contributed by atoms with Crippen LogP contribution in [0.2, 0.25) is 0 Å². The molecule has 3 aliphatic rings. The monoisotopic (exact) mass is 460 g/mol. The highest BCUT2D eigenvalue weighted by atomic mass is 16.4. The summed E-state index contributed by atoms with van der Waals surface area (Å²) >= 11 is 0. The zero-order valence-corrected chi connectivity index (χ0v) is 20.6. The number of benzene rings is 1. The third-order valence-electron chi connectivity index (χ3n) is 7.76. The van der Waals surface area contributed by atoms with Crippen molar-refractivity contribution in [1.29, 1.82) is 0 Å². The van der Waals surface area contributed by atoms with Gasteiger partial charge in [-0.05, 0) is 61.8 Å². The summed E-state index contributed by atoms with van der Waals surface area (Å²) in [5.41, 5.74) is 3.83. The molecule has 5 heteroatoms. The second kappa shape index (κ2) is 9.36. The number of hydrogen-bond donors (Lipinski definition) is 1. The zero-order valence-electron chi connectivity index (χ0n) is 20.6. The molecule has 1 aromatic rings. The molecule has 0 saturated heterocycles. The fourth-order valence-corrected chi connectivity index (χ4v) is 5.53. The molecule has 0 atom stereocenters. The maximum atomic E-state index is 13.8. The van der Waals surface area contributed by atoms with Crippen LogP contribution in [0.1, 0.15) is 70.4 Å². The van der Waals surface area contributed by atoms with Gasteiger partial charge in [0.1, 0.15) is 11.4 Å². The van der Waals surface area contributed by atoms with Crippen molar-refractivity contribution in [2.24, 2.45) is 16.3 Å². The molecule has 0 aromatic heterocycles. The fourth-order valence-electron chi connectivity index (χ4n) is 5.53. The predicted octanol–water partition coefficient (Wildman–Crippen LogP) is 5.71. The van der Waals surface area contributed by atoms with Crippen LogP contribution in [-0.2, 0) is 16.0 Å². The van der Waals surface area contributed by atoms with Crippen molar-refractivity contribution < 1.29 is 14.7 Å². The topological polar surface area (TPSA) is 70.0 Å². The van der Waals surface area contributed by atoms with Gasteiger partial charge in [-0.15, -0.1) is 6.58 Å². The van der Waals surface area contributed by atoms with E-state index in [0.717, 1.165) is 48.8 Å². The number of carbonyl (C=O) groups excluding carboxylic acids is 1. The van der Waals surface area contributed by atoms with Crippen molar-refractivity contribution in [3.63, 3.8) is 0 Å². The van der Waals surface area contributed by atoms with Gasteiger partial charge in [0.25, 0.3) is 5.91 Å². The van der Waals surface area contributed by atoms with Gasteiger partial charge in [-0.25, -0.2) is 4.79 Å². The van der Waals surface area contributed by atoms with Gasteiger partial charge in [0, 0.05) is 17.7 Å². The van der Waals surface area contributed by atoms with E-state index in [2.05, 4.69) is 27.4 Å². The number of carboxylic acid groups (broad SMARTS) is 1. The van der Waals surface area contributed by atoms with Gasteiger partial charge < -0.3 is 10.0 Å². The van der Waals surface area contributed by atoms with Crippen molar-refractivity contribution in [2.45, 2.75) is 71.4 Å². The van der Waals surface area contributed by atoms with Crippen LogP contribution in [0, 0.1) is 11.3 Å². The SMILES string of the molecule is C=CCc1ccc(C2=NC3(CCC(C(C)(C)C)CC3)N(CC3=CC=C(C(=O)O)CC3)C2=O)cc1. The molecule has 4 rings (SSSR count). The summed E-state index contributed by atoms with van der Waals surface area (Å²) in [6, 6.07) is 8.08. The number of rotatable bonds is 6. The Kier molecular flexibility index (Phi) is 6.66. The molecule has 1 aliphatic heterocycles. The summed E-state index contributed by atoms with van der Waals surface area (Å²) in [6.07, 6.45) is 11.2. The molecule has 1 N–H and O–H groups in total. The van der Waals surface area contributed by atoms with E-state index in [-0.39, 0.29) is 11.3 Å². The van der Waals surface area contributed by atoms with Crippen molar-refractivity contribution in [3.05, 3.63) is 71.3 Å². The van der Waals surface area contributed by atoms with E-state index < -0.39 is 11.6 Å². The zero-order chi connectivity index (χ0) is 24.5. The highest BCUT2D eigenvalue weighted by Crippen LogP contribution is 2.47. The Hall–Kier alpha value is -2.95. The third kappa shape index (κ3) is 4.79. The molecule has 1 amide bonds. The van der Waals surface area contributed by atoms with Crippen LogP contribution in [0.3, 0.4) is 0 Å². The molecule has 1 fully saturated rings. The first-order chi connectivity index (χ1) is 16.1. The van der Waals surface area contributed by atoms with E-state index in [1.807, 2.05) is 41.3 Å². The molecule has 0 radical (unpaired) electrons. The van der Waals surface area contributed by atoms with Gasteiger partial charge in [0.05, 0.1) is 0 Å². The Labute approximate surface area is 203 Å². The Morgan fingerprint density at radius 2 is 1.85 bits per heavy atom. The first-order valence-electron chi connectivity index (χ1n) is 12.4. The normalized spacial score (nSPS) is 25.1. The first-order valence-corrected chi connectivity index (χ1v) is 12.4. The molecule has 34 heavy (non-hydrogen) atoms. The number of aliphatic imine (C=N–C) groups is 1. The Balaban J connectivity index is 1.63. The van der Waals surface area contributed by atoms with Crippen LogP contribution < -0.4 is 0 Å². The van der Waals surface area contributed by atoms with Gasteiger partial charge in [0.15, 0.2) is 0 Å². The molecule has 1 aromatic carbocycles. The largest absolute Gasteiger partial charge is 0.478 e. The molecule has 0 bridgehead atoms. The summed E-state index contributed by atoms with van der Waals surface area (Å²) in [4.78, 5) is 32.2. The molecule has 180 valence electrons. The van der Waals surface area contributed by atoms with Gasteiger partial charge in [-0.2, -0.15) is 0 Å². The van der Waals surface area contributed by atoms with Crippen LogP contribution in [0.15, 0.2) is 65.2 Å².